The highest BCUT2D eigenvalue weighted by Crippen LogP contribution is 2.26. The van der Waals surface area contributed by atoms with Crippen LogP contribution in [0.25, 0.3) is 0 Å². The Hall–Kier alpha value is -2.96. The van der Waals surface area contributed by atoms with Crippen LogP contribution in [0.2, 0.25) is 0 Å². The van der Waals surface area contributed by atoms with Crippen molar-refractivity contribution in [1.82, 2.24) is 4.98 Å². The van der Waals surface area contributed by atoms with Crippen molar-refractivity contribution in [3.05, 3.63) is 67.6 Å². The quantitative estimate of drug-likeness (QED) is 0.666. The molecule has 2 N–H and O–H groups in total. The number of aryl methyl sites for hydroxylation is 2. The summed E-state index contributed by atoms with van der Waals surface area (Å²) in [6.45, 7) is 3.37. The minimum absolute atomic E-state index is 0.0678. The number of anilines is 1. The van der Waals surface area contributed by atoms with Crippen molar-refractivity contribution in [1.29, 1.82) is 0 Å². The molecule has 0 atom stereocenters. The Kier molecular flexibility index (Phi) is 3.84. The van der Waals surface area contributed by atoms with E-state index in [1.54, 1.807) is 19.9 Å². The van der Waals surface area contributed by atoms with E-state index in [0.29, 0.717) is 16.8 Å². The molecule has 1 amide bonds. The number of H-pyrrole nitrogens is 1. The number of aromatic amines is 1. The average molecular weight is 287 g/mol. The van der Waals surface area contributed by atoms with Gasteiger partial charge in [-0.1, -0.05) is 0 Å². The fourth-order valence-corrected chi connectivity index (χ4v) is 1.95. The van der Waals surface area contributed by atoms with Gasteiger partial charge in [0.2, 0.25) is 5.56 Å². The highest BCUT2D eigenvalue weighted by atomic mass is 16.6. The van der Waals surface area contributed by atoms with E-state index in [2.05, 4.69) is 10.3 Å². The van der Waals surface area contributed by atoms with Gasteiger partial charge in [-0.05, 0) is 31.5 Å². The number of benzene rings is 1. The van der Waals surface area contributed by atoms with Gasteiger partial charge in [-0.25, -0.2) is 0 Å². The number of carbonyl (C=O) groups excluding carboxylic acids is 1. The zero-order valence-corrected chi connectivity index (χ0v) is 11.5. The van der Waals surface area contributed by atoms with Gasteiger partial charge in [0.1, 0.15) is 0 Å². The number of nitrogens with one attached hydrogen (secondary N) is 2. The van der Waals surface area contributed by atoms with E-state index in [9.17, 15) is 19.7 Å². The van der Waals surface area contributed by atoms with Gasteiger partial charge in [-0.3, -0.25) is 19.7 Å². The third-order valence-corrected chi connectivity index (χ3v) is 3.03. The molecule has 0 aliphatic carbocycles. The van der Waals surface area contributed by atoms with Gasteiger partial charge in [0.05, 0.1) is 10.6 Å². The maximum Gasteiger partial charge on any atom is 0.274 e. The van der Waals surface area contributed by atoms with Crippen LogP contribution in [0.15, 0.2) is 35.3 Å². The molecule has 1 heterocycles. The smallest absolute Gasteiger partial charge is 0.274 e. The highest BCUT2D eigenvalue weighted by Gasteiger charge is 2.15. The van der Waals surface area contributed by atoms with Crippen LogP contribution in [0.5, 0.6) is 0 Å². The largest absolute Gasteiger partial charge is 0.329 e. The van der Waals surface area contributed by atoms with Gasteiger partial charge in [0.15, 0.2) is 0 Å². The zero-order valence-electron chi connectivity index (χ0n) is 11.5. The molecule has 0 saturated heterocycles. The number of hydrogen-bond donors (Lipinski definition) is 2. The summed E-state index contributed by atoms with van der Waals surface area (Å²) in [5.41, 5.74) is 1.29. The highest BCUT2D eigenvalue weighted by molar-refractivity contribution is 6.04. The van der Waals surface area contributed by atoms with Crippen molar-refractivity contribution in [2.45, 2.75) is 13.8 Å². The molecule has 2 rings (SSSR count). The minimum Gasteiger partial charge on any atom is -0.329 e. The van der Waals surface area contributed by atoms with Crippen LogP contribution in [0.1, 0.15) is 21.5 Å². The summed E-state index contributed by atoms with van der Waals surface area (Å²) in [6, 6.07) is 5.56. The minimum atomic E-state index is -0.502. The van der Waals surface area contributed by atoms with Crippen LogP contribution in [-0.2, 0) is 0 Å². The summed E-state index contributed by atoms with van der Waals surface area (Å²) in [4.78, 5) is 36.1. The lowest BCUT2D eigenvalue weighted by atomic mass is 10.1. The van der Waals surface area contributed by atoms with Crippen LogP contribution in [0.4, 0.5) is 11.4 Å². The molecule has 0 saturated carbocycles. The topological polar surface area (TPSA) is 105 Å². The normalized spacial score (nSPS) is 10.2. The monoisotopic (exact) mass is 287 g/mol. The number of aromatic nitrogens is 1. The molecule has 7 heteroatoms. The molecule has 0 unspecified atom stereocenters. The Morgan fingerprint density at radius 3 is 2.57 bits per heavy atom. The van der Waals surface area contributed by atoms with Crippen molar-refractivity contribution in [2.24, 2.45) is 0 Å². The lowest BCUT2D eigenvalue weighted by Crippen LogP contribution is -2.16. The van der Waals surface area contributed by atoms with Gasteiger partial charge >= 0.3 is 0 Å². The van der Waals surface area contributed by atoms with E-state index in [1.165, 1.54) is 18.3 Å². The molecule has 2 aromatic rings. The van der Waals surface area contributed by atoms with Crippen LogP contribution in [-0.4, -0.2) is 15.8 Å². The molecular formula is C14H13N3O4. The molecule has 1 aromatic carbocycles. The number of nitro groups is 1. The number of carbonyl (C=O) groups is 1. The van der Waals surface area contributed by atoms with Gasteiger partial charge < -0.3 is 10.3 Å². The molecule has 7 nitrogen and oxygen atoms in total. The fourth-order valence-electron chi connectivity index (χ4n) is 1.95. The second-order valence-corrected chi connectivity index (χ2v) is 4.61. The van der Waals surface area contributed by atoms with Crippen LogP contribution in [0.3, 0.4) is 0 Å². The second-order valence-electron chi connectivity index (χ2n) is 4.61. The predicted octanol–water partition coefficient (Wildman–Crippen LogP) is 2.15. The average Bonchev–Trinajstić information content (AvgIpc) is 2.41. The Labute approximate surface area is 119 Å². The summed E-state index contributed by atoms with van der Waals surface area (Å²) in [6.07, 6.45) is 1.36. The standard InChI is InChI=1S/C14H13N3O4/c1-8-5-9(2)12(17(20)21)7-11(8)16-14(19)10-3-4-15-13(18)6-10/h3-7H,1-2H3,(H,15,18)(H,16,19). The first-order valence-corrected chi connectivity index (χ1v) is 6.14. The first-order chi connectivity index (χ1) is 9.88. The predicted molar refractivity (Wildman–Crippen MR) is 77.6 cm³/mol. The molecule has 0 radical (unpaired) electrons. The number of amides is 1. The first kappa shape index (κ1) is 14.4. The summed E-state index contributed by atoms with van der Waals surface area (Å²) in [5.74, 6) is -0.498. The Bertz CT molecular complexity index is 780. The van der Waals surface area contributed by atoms with E-state index < -0.39 is 16.4 Å². The van der Waals surface area contributed by atoms with Gasteiger partial charge in [-0.2, -0.15) is 0 Å². The number of pyridine rings is 1. The second kappa shape index (κ2) is 5.58. The van der Waals surface area contributed by atoms with Gasteiger partial charge in [0, 0.05) is 29.5 Å². The van der Waals surface area contributed by atoms with Crippen molar-refractivity contribution < 1.29 is 9.72 Å². The molecule has 0 fully saturated rings. The van der Waals surface area contributed by atoms with E-state index in [4.69, 9.17) is 0 Å². The maximum absolute atomic E-state index is 12.1. The number of rotatable bonds is 3. The van der Waals surface area contributed by atoms with E-state index >= 15 is 0 Å². The Morgan fingerprint density at radius 1 is 1.24 bits per heavy atom. The van der Waals surface area contributed by atoms with Crippen molar-refractivity contribution >= 4 is 17.3 Å². The SMILES string of the molecule is Cc1cc(C)c([N+](=O)[O-])cc1NC(=O)c1cc[nH]c(=O)c1. The summed E-state index contributed by atoms with van der Waals surface area (Å²) in [5, 5.41) is 13.5. The Morgan fingerprint density at radius 2 is 1.95 bits per heavy atom. The molecule has 0 aliphatic heterocycles. The summed E-state index contributed by atoms with van der Waals surface area (Å²) in [7, 11) is 0. The van der Waals surface area contributed by atoms with Gasteiger partial charge in [-0.15, -0.1) is 0 Å². The molecule has 1 aromatic heterocycles. The van der Waals surface area contributed by atoms with E-state index in [0.717, 1.165) is 6.07 Å². The van der Waals surface area contributed by atoms with Crippen molar-refractivity contribution in [2.75, 3.05) is 5.32 Å². The molecule has 0 spiro atoms. The number of nitrogens with zero attached hydrogens (tertiary/aromatic N) is 1. The molecule has 0 bridgehead atoms. The van der Waals surface area contributed by atoms with Crippen LogP contribution in [0, 0.1) is 24.0 Å². The lowest BCUT2D eigenvalue weighted by molar-refractivity contribution is -0.385. The molecule has 108 valence electrons. The maximum atomic E-state index is 12.1. The van der Waals surface area contributed by atoms with Gasteiger partial charge in [0.25, 0.3) is 11.6 Å². The third-order valence-electron chi connectivity index (χ3n) is 3.03. The molecular weight excluding hydrogens is 274 g/mol. The number of nitro benzene ring substituents is 1. The first-order valence-electron chi connectivity index (χ1n) is 6.14. The van der Waals surface area contributed by atoms with Crippen molar-refractivity contribution in [3.63, 3.8) is 0 Å². The van der Waals surface area contributed by atoms with E-state index in [-0.39, 0.29) is 11.3 Å². The van der Waals surface area contributed by atoms with Crippen molar-refractivity contribution in [3.8, 4) is 0 Å². The van der Waals surface area contributed by atoms with E-state index in [1.807, 2.05) is 0 Å². The third kappa shape index (κ3) is 3.14. The fraction of sp³-hybridized carbons (Fsp3) is 0.143. The summed E-state index contributed by atoms with van der Waals surface area (Å²) < 4.78 is 0. The summed E-state index contributed by atoms with van der Waals surface area (Å²) >= 11 is 0. The molecule has 0 aliphatic rings. The van der Waals surface area contributed by atoms with Crippen LogP contribution >= 0.6 is 0 Å². The lowest BCUT2D eigenvalue weighted by Gasteiger charge is -2.09. The zero-order chi connectivity index (χ0) is 15.6. The van der Waals surface area contributed by atoms with Crippen LogP contribution < -0.4 is 10.9 Å². The number of hydrogen-bond acceptors (Lipinski definition) is 4. The Balaban J connectivity index is 2.35. The molecule has 21 heavy (non-hydrogen) atoms.